The number of nitrogens with one attached hydrogen (secondary N) is 2. The summed E-state index contributed by atoms with van der Waals surface area (Å²) in [5, 5.41) is 0. The number of hydrogen-bond donors (Lipinski definition) is 2. The molecule has 49 heavy (non-hydrogen) atoms. The van der Waals surface area contributed by atoms with E-state index in [4.69, 9.17) is 0 Å². The third-order valence-corrected chi connectivity index (χ3v) is 10.1. The van der Waals surface area contributed by atoms with Crippen molar-refractivity contribution in [2.75, 3.05) is 0 Å². The first-order valence-electron chi connectivity index (χ1n) is 18.4. The maximum atomic E-state index is 4.63. The smallest absolute Gasteiger partial charge is 0.0658 e. The summed E-state index contributed by atoms with van der Waals surface area (Å²) in [7, 11) is 0. The SMILES string of the molecule is C1=Cc2cc3ccc(cc4nc(cc5ccc(cc1n2)[nH]5)C=C4)[nH]3.CCCCCCC1(CCCCCC)c2ccccc2-c2ccccc21. The molecule has 5 heterocycles. The predicted octanol–water partition coefficient (Wildman–Crippen LogP) is 12.5. The average molecular weight is 645 g/mol. The Morgan fingerprint density at radius 2 is 0.816 bits per heavy atom. The number of benzene rings is 2. The molecule has 0 saturated carbocycles. The van der Waals surface area contributed by atoms with Gasteiger partial charge in [0.15, 0.2) is 0 Å². The second kappa shape index (κ2) is 15.1. The fourth-order valence-electron chi connectivity index (χ4n) is 7.73. The molecular weight excluding hydrogens is 597 g/mol. The van der Waals surface area contributed by atoms with Gasteiger partial charge in [0.2, 0.25) is 0 Å². The highest BCUT2D eigenvalue weighted by Gasteiger charge is 2.41. The quantitative estimate of drug-likeness (QED) is 0.146. The lowest BCUT2D eigenvalue weighted by Gasteiger charge is -2.33. The summed E-state index contributed by atoms with van der Waals surface area (Å²) in [5.74, 6) is 0. The molecule has 0 saturated heterocycles. The Bertz CT molecular complexity index is 1890. The molecule has 248 valence electrons. The molecule has 2 N–H and O–H groups in total. The number of hydrogen-bond acceptors (Lipinski definition) is 2. The molecule has 3 aliphatic rings. The molecular formula is C45H48N4. The molecule has 0 fully saturated rings. The minimum atomic E-state index is 0.259. The Hall–Kier alpha value is -4.96. The van der Waals surface area contributed by atoms with Crippen LogP contribution >= 0.6 is 0 Å². The molecule has 1 aliphatic carbocycles. The summed E-state index contributed by atoms with van der Waals surface area (Å²) in [5.41, 5.74) is 14.3. The Labute approximate surface area is 291 Å². The number of unbranched alkanes of at least 4 members (excludes halogenated alkanes) is 6. The van der Waals surface area contributed by atoms with Gasteiger partial charge in [-0.05, 0) is 108 Å². The number of nitrogens with zero attached hydrogens (tertiary/aromatic N) is 2. The fourth-order valence-corrected chi connectivity index (χ4v) is 7.73. The standard InChI is InChI=1S/C25H34.C20H14N4/c1-3-5-7-13-19-25(20-14-8-6-4-2)23-17-11-9-15-21(23)22-16-10-12-18-24(22)25;1-2-14-10-16-5-6-18(23-16)12-20-8-7-19(24-20)11-17-4-3-15(22-17)9-13(1)21-14/h9-12,15-18H,3-8,13-14,19-20H2,1-2H3;1-12,21,24H. The first-order chi connectivity index (χ1) is 24.1. The van der Waals surface area contributed by atoms with E-state index >= 15 is 0 Å². The van der Waals surface area contributed by atoms with Gasteiger partial charge in [-0.2, -0.15) is 0 Å². The molecule has 0 spiro atoms. The topological polar surface area (TPSA) is 57.4 Å². The van der Waals surface area contributed by atoms with Crippen molar-refractivity contribution in [1.82, 2.24) is 19.9 Å². The highest BCUT2D eigenvalue weighted by molar-refractivity contribution is 5.81. The third kappa shape index (κ3) is 7.39. The van der Waals surface area contributed by atoms with Crippen molar-refractivity contribution in [3.8, 4) is 11.1 Å². The largest absolute Gasteiger partial charge is 0.355 e. The lowest BCUT2D eigenvalue weighted by Crippen LogP contribution is -2.25. The Morgan fingerprint density at radius 1 is 0.449 bits per heavy atom. The van der Waals surface area contributed by atoms with E-state index < -0.39 is 0 Å². The Kier molecular flexibility index (Phi) is 10.0. The normalized spacial score (nSPS) is 13.5. The molecule has 5 aromatic rings. The molecule has 4 nitrogen and oxygen atoms in total. The van der Waals surface area contributed by atoms with Crippen molar-refractivity contribution in [3.05, 3.63) is 131 Å². The number of H-pyrrole nitrogens is 2. The molecule has 0 amide bonds. The van der Waals surface area contributed by atoms with Crippen molar-refractivity contribution in [3.63, 3.8) is 0 Å². The van der Waals surface area contributed by atoms with Crippen LogP contribution in [0.3, 0.4) is 0 Å². The summed E-state index contributed by atoms with van der Waals surface area (Å²) >= 11 is 0. The van der Waals surface area contributed by atoms with Crippen molar-refractivity contribution in [1.29, 1.82) is 0 Å². The molecule has 8 rings (SSSR count). The van der Waals surface area contributed by atoms with Crippen LogP contribution in [0.1, 0.15) is 112 Å². The number of rotatable bonds is 10. The van der Waals surface area contributed by atoms with Crippen LogP contribution < -0.4 is 0 Å². The first-order valence-corrected chi connectivity index (χ1v) is 18.4. The van der Waals surface area contributed by atoms with Gasteiger partial charge in [-0.1, -0.05) is 114 Å². The zero-order valence-corrected chi connectivity index (χ0v) is 29.0. The van der Waals surface area contributed by atoms with Gasteiger partial charge >= 0.3 is 0 Å². The predicted molar refractivity (Wildman–Crippen MR) is 209 cm³/mol. The number of fused-ring (bicyclic) bond motifs is 11. The van der Waals surface area contributed by atoms with E-state index in [1.807, 2.05) is 48.6 Å². The van der Waals surface area contributed by atoms with Gasteiger partial charge in [0, 0.05) is 27.5 Å². The van der Waals surface area contributed by atoms with Gasteiger partial charge in [-0.15, -0.1) is 0 Å². The molecule has 0 atom stereocenters. The van der Waals surface area contributed by atoms with Crippen molar-refractivity contribution in [2.45, 2.75) is 83.5 Å². The second-order valence-electron chi connectivity index (χ2n) is 13.7. The van der Waals surface area contributed by atoms with Crippen LogP contribution in [0, 0.1) is 0 Å². The van der Waals surface area contributed by atoms with E-state index in [2.05, 4.69) is 107 Å². The van der Waals surface area contributed by atoms with Gasteiger partial charge in [0.25, 0.3) is 0 Å². The van der Waals surface area contributed by atoms with E-state index in [1.165, 1.54) is 75.3 Å². The Balaban J connectivity index is 0.000000154. The fraction of sp³-hybridized carbons (Fsp3) is 0.289. The molecule has 2 aliphatic heterocycles. The van der Waals surface area contributed by atoms with Gasteiger partial charge in [-0.3, -0.25) is 0 Å². The van der Waals surface area contributed by atoms with Crippen LogP contribution in [0.15, 0.2) is 97.1 Å². The zero-order chi connectivity index (χ0) is 33.5. The second-order valence-corrected chi connectivity index (χ2v) is 13.7. The van der Waals surface area contributed by atoms with Crippen LogP contribution in [-0.4, -0.2) is 19.9 Å². The van der Waals surface area contributed by atoms with Gasteiger partial charge in [0.1, 0.15) is 0 Å². The minimum absolute atomic E-state index is 0.259. The highest BCUT2D eigenvalue weighted by atomic mass is 14.8. The van der Waals surface area contributed by atoms with E-state index in [1.54, 1.807) is 11.1 Å². The van der Waals surface area contributed by atoms with Crippen molar-refractivity contribution < 1.29 is 0 Å². The molecule has 3 aromatic heterocycles. The molecule has 0 unspecified atom stereocenters. The summed E-state index contributed by atoms with van der Waals surface area (Å²) < 4.78 is 0. The molecule has 0 radical (unpaired) electrons. The van der Waals surface area contributed by atoms with E-state index in [0.717, 1.165) is 44.8 Å². The Morgan fingerprint density at radius 3 is 1.18 bits per heavy atom. The lowest BCUT2D eigenvalue weighted by atomic mass is 9.70. The van der Waals surface area contributed by atoms with Crippen LogP contribution in [0.25, 0.3) is 57.5 Å². The van der Waals surface area contributed by atoms with E-state index in [0.29, 0.717) is 0 Å². The average Bonchev–Trinajstić information content (AvgIpc) is 3.97. The highest BCUT2D eigenvalue weighted by Crippen LogP contribution is 2.54. The lowest BCUT2D eigenvalue weighted by molar-refractivity contribution is 0.401. The maximum absolute atomic E-state index is 4.63. The molecule has 2 aromatic carbocycles. The van der Waals surface area contributed by atoms with E-state index in [-0.39, 0.29) is 5.41 Å². The monoisotopic (exact) mass is 644 g/mol. The summed E-state index contributed by atoms with van der Waals surface area (Å²) in [6.07, 6.45) is 21.5. The number of aromatic amines is 2. The van der Waals surface area contributed by atoms with E-state index in [9.17, 15) is 0 Å². The van der Waals surface area contributed by atoms with Crippen LogP contribution in [0.5, 0.6) is 0 Å². The van der Waals surface area contributed by atoms with Crippen LogP contribution in [-0.2, 0) is 5.41 Å². The summed E-state index contributed by atoms with van der Waals surface area (Å²) in [4.78, 5) is 16.0. The molecule has 8 bridgehead atoms. The van der Waals surface area contributed by atoms with Gasteiger partial charge < -0.3 is 9.97 Å². The third-order valence-electron chi connectivity index (χ3n) is 10.1. The minimum Gasteiger partial charge on any atom is -0.355 e. The van der Waals surface area contributed by atoms with Gasteiger partial charge in [-0.25, -0.2) is 9.97 Å². The summed E-state index contributed by atoms with van der Waals surface area (Å²) in [6.45, 7) is 4.61. The number of aromatic nitrogens is 4. The van der Waals surface area contributed by atoms with Crippen molar-refractivity contribution in [2.24, 2.45) is 0 Å². The van der Waals surface area contributed by atoms with Gasteiger partial charge in [0.05, 0.1) is 22.8 Å². The van der Waals surface area contributed by atoms with Crippen LogP contribution in [0.4, 0.5) is 0 Å². The van der Waals surface area contributed by atoms with Crippen LogP contribution in [0.2, 0.25) is 0 Å². The summed E-state index contributed by atoms with van der Waals surface area (Å²) in [6, 6.07) is 34.8. The first kappa shape index (κ1) is 32.6. The maximum Gasteiger partial charge on any atom is 0.0658 e. The zero-order valence-electron chi connectivity index (χ0n) is 29.0. The molecule has 4 heteroatoms. The van der Waals surface area contributed by atoms with Crippen molar-refractivity contribution >= 4 is 46.4 Å².